The van der Waals surface area contributed by atoms with Crippen molar-refractivity contribution in [3.8, 4) is 0 Å². The number of carbonyl (C=O) groups is 1. The summed E-state index contributed by atoms with van der Waals surface area (Å²) in [5.41, 5.74) is 0.0247. The zero-order valence-electron chi connectivity index (χ0n) is 15.0. The number of hydrogen-bond donors (Lipinski definition) is 1. The number of rotatable bonds is 5. The molecule has 0 saturated carbocycles. The first-order valence-corrected chi connectivity index (χ1v) is 8.40. The number of ether oxygens (including phenoxy) is 1. The molecule has 1 aromatic heterocycles. The Bertz CT molecular complexity index is 533. The Labute approximate surface area is 138 Å². The van der Waals surface area contributed by atoms with Crippen LogP contribution in [0.1, 0.15) is 78.1 Å². The lowest BCUT2D eigenvalue weighted by molar-refractivity contribution is -0.120. The van der Waals surface area contributed by atoms with Crippen molar-refractivity contribution in [2.45, 2.75) is 72.4 Å². The molecule has 1 aromatic rings. The van der Waals surface area contributed by atoms with Gasteiger partial charge in [-0.1, -0.05) is 39.8 Å². The van der Waals surface area contributed by atoms with Gasteiger partial charge in [-0.15, -0.1) is 0 Å². The van der Waals surface area contributed by atoms with Gasteiger partial charge >= 0.3 is 0 Å². The van der Waals surface area contributed by atoms with E-state index in [-0.39, 0.29) is 29.4 Å². The molecule has 1 saturated heterocycles. The van der Waals surface area contributed by atoms with Crippen LogP contribution in [-0.4, -0.2) is 28.8 Å². The van der Waals surface area contributed by atoms with Gasteiger partial charge in [-0.2, -0.15) is 4.98 Å². The lowest BCUT2D eigenvalue weighted by Crippen LogP contribution is -2.31. The van der Waals surface area contributed by atoms with Gasteiger partial charge in [0.25, 0.3) is 0 Å². The van der Waals surface area contributed by atoms with Crippen molar-refractivity contribution in [3.63, 3.8) is 0 Å². The number of nitrogens with zero attached hydrogens (tertiary/aromatic N) is 2. The monoisotopic (exact) mass is 323 g/mol. The van der Waals surface area contributed by atoms with Crippen molar-refractivity contribution in [1.29, 1.82) is 0 Å². The van der Waals surface area contributed by atoms with Gasteiger partial charge in [-0.05, 0) is 24.2 Å². The summed E-state index contributed by atoms with van der Waals surface area (Å²) < 4.78 is 11.4. The van der Waals surface area contributed by atoms with Gasteiger partial charge < -0.3 is 14.6 Å². The van der Waals surface area contributed by atoms with E-state index >= 15 is 0 Å². The second-order valence-electron chi connectivity index (χ2n) is 7.93. The Morgan fingerprint density at radius 2 is 2.09 bits per heavy atom. The van der Waals surface area contributed by atoms with Crippen LogP contribution in [0.4, 0.5) is 0 Å². The largest absolute Gasteiger partial charge is 0.377 e. The topological polar surface area (TPSA) is 77.2 Å². The average Bonchev–Trinajstić information content (AvgIpc) is 3.05. The van der Waals surface area contributed by atoms with Crippen molar-refractivity contribution >= 4 is 5.91 Å². The SMILES string of the molecule is CC(=O)N[C@@H](CC(C)C)c1nc([C@H]2CCO[C@@H]2C(C)(C)C)no1. The smallest absolute Gasteiger partial charge is 0.249 e. The molecule has 0 aliphatic carbocycles. The van der Waals surface area contributed by atoms with E-state index in [9.17, 15) is 4.79 Å². The van der Waals surface area contributed by atoms with Crippen molar-refractivity contribution in [1.82, 2.24) is 15.5 Å². The molecule has 1 amide bonds. The van der Waals surface area contributed by atoms with E-state index in [2.05, 4.69) is 50.1 Å². The Kier molecular flexibility index (Phi) is 5.45. The lowest BCUT2D eigenvalue weighted by Gasteiger charge is -2.29. The van der Waals surface area contributed by atoms with Crippen LogP contribution >= 0.6 is 0 Å². The third-order valence-electron chi connectivity index (χ3n) is 4.12. The van der Waals surface area contributed by atoms with Gasteiger partial charge in [0.2, 0.25) is 11.8 Å². The van der Waals surface area contributed by atoms with Crippen LogP contribution in [0.15, 0.2) is 4.52 Å². The number of amides is 1. The van der Waals surface area contributed by atoms with E-state index in [1.807, 2.05) is 0 Å². The first kappa shape index (κ1) is 17.9. The predicted molar refractivity (Wildman–Crippen MR) is 86.9 cm³/mol. The minimum Gasteiger partial charge on any atom is -0.377 e. The number of aromatic nitrogens is 2. The van der Waals surface area contributed by atoms with Gasteiger partial charge in [0.15, 0.2) is 5.82 Å². The van der Waals surface area contributed by atoms with Crippen LogP contribution in [0.5, 0.6) is 0 Å². The minimum atomic E-state index is -0.232. The van der Waals surface area contributed by atoms with Gasteiger partial charge in [0.05, 0.1) is 12.0 Å². The Hall–Kier alpha value is -1.43. The molecular weight excluding hydrogens is 294 g/mol. The van der Waals surface area contributed by atoms with Gasteiger partial charge in [0, 0.05) is 13.5 Å². The molecule has 6 heteroatoms. The van der Waals surface area contributed by atoms with Gasteiger partial charge in [-0.25, -0.2) is 0 Å². The molecule has 1 aliphatic heterocycles. The summed E-state index contributed by atoms with van der Waals surface area (Å²) in [6.07, 6.45) is 1.75. The fourth-order valence-electron chi connectivity index (χ4n) is 3.19. The maximum absolute atomic E-state index is 11.4. The summed E-state index contributed by atoms with van der Waals surface area (Å²) >= 11 is 0. The molecule has 0 radical (unpaired) electrons. The van der Waals surface area contributed by atoms with Crippen LogP contribution in [0.3, 0.4) is 0 Å². The van der Waals surface area contributed by atoms with Crippen molar-refractivity contribution in [2.75, 3.05) is 6.61 Å². The normalized spacial score (nSPS) is 23.3. The molecule has 0 spiro atoms. The van der Waals surface area contributed by atoms with Crippen LogP contribution in [0.25, 0.3) is 0 Å². The van der Waals surface area contributed by atoms with Crippen molar-refractivity contribution < 1.29 is 14.1 Å². The summed E-state index contributed by atoms with van der Waals surface area (Å²) in [5, 5.41) is 7.09. The molecule has 1 fully saturated rings. The third-order valence-corrected chi connectivity index (χ3v) is 4.12. The molecule has 2 rings (SSSR count). The van der Waals surface area contributed by atoms with E-state index in [0.29, 0.717) is 17.6 Å². The standard InChI is InChI=1S/C17H29N3O3/c1-10(2)9-13(18-11(3)21)16-19-15(20-23-16)12-7-8-22-14(12)17(4,5)6/h10,12-14H,7-9H2,1-6H3,(H,18,21)/t12-,13-,14-/m0/s1. The molecule has 23 heavy (non-hydrogen) atoms. The zero-order valence-corrected chi connectivity index (χ0v) is 15.0. The molecular formula is C17H29N3O3. The van der Waals surface area contributed by atoms with Gasteiger partial charge in [0.1, 0.15) is 6.04 Å². The van der Waals surface area contributed by atoms with Crippen LogP contribution in [0, 0.1) is 11.3 Å². The summed E-state index contributed by atoms with van der Waals surface area (Å²) in [6, 6.07) is -0.232. The predicted octanol–water partition coefficient (Wildman–Crippen LogP) is 3.21. The second-order valence-corrected chi connectivity index (χ2v) is 7.93. The highest BCUT2D eigenvalue weighted by Gasteiger charge is 2.41. The second kappa shape index (κ2) is 6.99. The summed E-state index contributed by atoms with van der Waals surface area (Å²) in [7, 11) is 0. The van der Waals surface area contributed by atoms with Crippen LogP contribution < -0.4 is 5.32 Å². The van der Waals surface area contributed by atoms with Crippen molar-refractivity contribution in [2.24, 2.45) is 11.3 Å². The van der Waals surface area contributed by atoms with Gasteiger partial charge in [-0.3, -0.25) is 4.79 Å². The first-order valence-electron chi connectivity index (χ1n) is 8.40. The molecule has 1 N–H and O–H groups in total. The van der Waals surface area contributed by atoms with E-state index in [4.69, 9.17) is 9.26 Å². The molecule has 1 aliphatic rings. The van der Waals surface area contributed by atoms with E-state index < -0.39 is 0 Å². The fourth-order valence-corrected chi connectivity index (χ4v) is 3.19. The lowest BCUT2D eigenvalue weighted by atomic mass is 9.81. The summed E-state index contributed by atoms with van der Waals surface area (Å²) in [4.78, 5) is 16.0. The molecule has 6 nitrogen and oxygen atoms in total. The van der Waals surface area contributed by atoms with Crippen LogP contribution in [0.2, 0.25) is 0 Å². The van der Waals surface area contributed by atoms with E-state index in [1.165, 1.54) is 6.92 Å². The molecule has 2 heterocycles. The number of carbonyl (C=O) groups excluding carboxylic acids is 1. The quantitative estimate of drug-likeness (QED) is 0.900. The van der Waals surface area contributed by atoms with Crippen molar-refractivity contribution in [3.05, 3.63) is 11.7 Å². The molecule has 0 unspecified atom stereocenters. The molecule has 130 valence electrons. The highest BCUT2D eigenvalue weighted by molar-refractivity contribution is 5.73. The van der Waals surface area contributed by atoms with E-state index in [1.54, 1.807) is 0 Å². The summed E-state index contributed by atoms with van der Waals surface area (Å²) in [5.74, 6) is 1.65. The van der Waals surface area contributed by atoms with E-state index in [0.717, 1.165) is 19.4 Å². The highest BCUT2D eigenvalue weighted by atomic mass is 16.5. The zero-order chi connectivity index (χ0) is 17.2. The fraction of sp³-hybridized carbons (Fsp3) is 0.824. The number of hydrogen-bond acceptors (Lipinski definition) is 5. The Balaban J connectivity index is 2.19. The van der Waals surface area contributed by atoms with Crippen LogP contribution in [-0.2, 0) is 9.53 Å². The maximum atomic E-state index is 11.4. The highest BCUT2D eigenvalue weighted by Crippen LogP contribution is 2.40. The maximum Gasteiger partial charge on any atom is 0.249 e. The number of nitrogens with one attached hydrogen (secondary N) is 1. The Morgan fingerprint density at radius 3 is 2.65 bits per heavy atom. The summed E-state index contributed by atoms with van der Waals surface area (Å²) in [6.45, 7) is 12.9. The molecule has 0 bridgehead atoms. The molecule has 3 atom stereocenters. The first-order chi connectivity index (χ1) is 10.7. The molecule has 0 aromatic carbocycles. The minimum absolute atomic E-state index is 0.0247. The average molecular weight is 323 g/mol. The Morgan fingerprint density at radius 1 is 1.39 bits per heavy atom. The third kappa shape index (κ3) is 4.53.